The van der Waals surface area contributed by atoms with E-state index in [0.29, 0.717) is 36.2 Å². The maximum Gasteiger partial charge on any atom is 0.253 e. The number of aliphatic hydroxyl groups excluding tert-OH is 1. The van der Waals surface area contributed by atoms with E-state index in [1.807, 2.05) is 96.3 Å². The van der Waals surface area contributed by atoms with E-state index in [1.54, 1.807) is 34.7 Å². The molecule has 1 saturated heterocycles. The molecule has 0 aliphatic carbocycles. The molecule has 0 spiro atoms. The molecule has 24 nitrogen and oxygen atoms in total. The quantitative estimate of drug-likeness (QED) is 0.0187. The Labute approximate surface area is 518 Å². The van der Waals surface area contributed by atoms with Gasteiger partial charge in [-0.1, -0.05) is 51.1 Å². The Morgan fingerprint density at radius 1 is 0.830 bits per heavy atom. The minimum atomic E-state index is -0.956. The summed E-state index contributed by atoms with van der Waals surface area (Å²) < 4.78 is 33.2. The van der Waals surface area contributed by atoms with Gasteiger partial charge >= 0.3 is 0 Å². The summed E-state index contributed by atoms with van der Waals surface area (Å²) in [6.45, 7) is 18.4. The number of rotatable bonds is 35. The number of thiazole rings is 1. The number of pyridine rings is 1. The van der Waals surface area contributed by atoms with E-state index in [4.69, 9.17) is 33.8 Å². The average Bonchev–Trinajstić information content (AvgIpc) is 2.59. The van der Waals surface area contributed by atoms with Gasteiger partial charge < -0.3 is 80.3 Å². The fourth-order valence-electron chi connectivity index (χ4n) is 10.0. The number of carbonyl (C=O) groups is 6. The summed E-state index contributed by atoms with van der Waals surface area (Å²) in [4.78, 5) is 103. The van der Waals surface area contributed by atoms with Crippen molar-refractivity contribution in [2.75, 3.05) is 105 Å². The number of quaternary nitrogens is 1. The SMILES string of the molecule is Cc1cc(C)c(CNC(=O)c2cc(C3=CCN(C(=O)COCCOCCOCC(=O)NCCOCCOCCOCCC(=O)NC(C(=O)N4CC(O)CC4C(=O)NCc4ccc(-c5scnc5C)cc4)C(C)(C)C)CC3)cc([NH2+]C(C)C)c2C=N)c(=O)[nH]1. The standard InChI is InChI=1S/C63H88N10O14S/c1-40(2)69-52-31-47(30-49(50(52)33-64)59(78)67-35-51-41(3)29-42(4)70-60(51)79)45-13-17-72(18-14-45)56(77)38-87-28-26-85-25-27-86-37-55(76)65-16-20-83-22-24-84-23-21-82-19-15-54(75)71-58(63(6,7)8)62(81)73-36-48(74)32-53(73)61(80)66-34-44-9-11-46(12-10-44)57-43(5)68-39-88-57/h9-13,29-31,33,39-40,48,53,58,64,69,74H,14-28,32,34-38H2,1-8H3,(H,65,76)(H,66,80)(H,67,78)(H,70,79)(H,71,75)/p+1. The van der Waals surface area contributed by atoms with Crippen LogP contribution in [0.15, 0.2) is 58.8 Å². The van der Waals surface area contributed by atoms with Crippen molar-refractivity contribution in [3.8, 4) is 10.4 Å². The number of aliphatic hydroxyl groups is 1. The second kappa shape index (κ2) is 35.2. The van der Waals surface area contributed by atoms with E-state index in [0.717, 1.165) is 49.8 Å². The monoisotopic (exact) mass is 1240 g/mol. The molecule has 25 heteroatoms. The number of β-amino-alcohol motifs (C(OH)–C–C–N with tert-alkyl or cyclic N) is 1. The predicted molar refractivity (Wildman–Crippen MR) is 332 cm³/mol. The van der Waals surface area contributed by atoms with Crippen molar-refractivity contribution in [2.45, 2.75) is 112 Å². The number of aryl methyl sites for hydroxylation is 3. The number of aromatic amines is 1. The Kier molecular flexibility index (Phi) is 28.0. The van der Waals surface area contributed by atoms with Crippen molar-refractivity contribution in [2.24, 2.45) is 5.41 Å². The van der Waals surface area contributed by atoms with Crippen LogP contribution in [0, 0.1) is 31.6 Å². The minimum Gasteiger partial charge on any atom is -0.391 e. The van der Waals surface area contributed by atoms with Gasteiger partial charge in [-0.05, 0) is 86.4 Å². The molecule has 0 radical (unpaired) electrons. The smallest absolute Gasteiger partial charge is 0.253 e. The summed E-state index contributed by atoms with van der Waals surface area (Å²) in [7, 11) is 0. The number of nitrogens with zero attached hydrogens (tertiary/aromatic N) is 3. The second-order valence-electron chi connectivity index (χ2n) is 23.1. The van der Waals surface area contributed by atoms with Gasteiger partial charge in [-0.3, -0.25) is 33.6 Å². The number of hydrogen-bond acceptors (Lipinski definition) is 17. The zero-order chi connectivity index (χ0) is 63.8. The summed E-state index contributed by atoms with van der Waals surface area (Å²) in [5.74, 6) is -2.09. The van der Waals surface area contributed by atoms with Gasteiger partial charge in [0.05, 0.1) is 105 Å². The minimum absolute atomic E-state index is 0.00718. The molecule has 4 heterocycles. The summed E-state index contributed by atoms with van der Waals surface area (Å²) in [6.07, 6.45) is 2.90. The third-order valence-electron chi connectivity index (χ3n) is 14.7. The molecule has 6 rings (SSSR count). The Hall–Kier alpha value is -7.07. The molecule has 2 aromatic carbocycles. The molecule has 4 aromatic rings. The fourth-order valence-corrected chi connectivity index (χ4v) is 10.8. The Bertz CT molecular complexity index is 3090. The van der Waals surface area contributed by atoms with Crippen LogP contribution in [-0.4, -0.2) is 196 Å². The largest absolute Gasteiger partial charge is 0.391 e. The Morgan fingerprint density at radius 2 is 1.49 bits per heavy atom. The van der Waals surface area contributed by atoms with Crippen LogP contribution in [0.3, 0.4) is 0 Å². The lowest BCUT2D eigenvalue weighted by atomic mass is 9.85. The van der Waals surface area contributed by atoms with Crippen molar-refractivity contribution in [3.05, 3.63) is 109 Å². The molecule has 2 aliphatic heterocycles. The van der Waals surface area contributed by atoms with Crippen LogP contribution in [0.4, 0.5) is 5.69 Å². The van der Waals surface area contributed by atoms with Crippen LogP contribution in [0.25, 0.3) is 16.0 Å². The molecule has 0 saturated carbocycles. The number of hydrogen-bond donors (Lipinski definition) is 8. The molecule has 88 heavy (non-hydrogen) atoms. The van der Waals surface area contributed by atoms with Gasteiger partial charge in [-0.25, -0.2) is 4.98 Å². The lowest BCUT2D eigenvalue weighted by molar-refractivity contribution is -0.603. The van der Waals surface area contributed by atoms with Crippen molar-refractivity contribution in [3.63, 3.8) is 0 Å². The first kappa shape index (κ1) is 70.0. The Morgan fingerprint density at radius 3 is 2.10 bits per heavy atom. The van der Waals surface area contributed by atoms with Crippen LogP contribution < -0.4 is 32.1 Å². The lowest BCUT2D eigenvalue weighted by Crippen LogP contribution is -2.83. The van der Waals surface area contributed by atoms with Gasteiger partial charge in [-0.15, -0.1) is 11.3 Å². The third-order valence-corrected chi connectivity index (χ3v) is 15.6. The summed E-state index contributed by atoms with van der Waals surface area (Å²) in [5.41, 5.74) is 9.07. The van der Waals surface area contributed by atoms with Gasteiger partial charge in [0, 0.05) is 75.6 Å². The highest BCUT2D eigenvalue weighted by Gasteiger charge is 2.44. The highest BCUT2D eigenvalue weighted by molar-refractivity contribution is 7.13. The zero-order valence-corrected chi connectivity index (χ0v) is 52.8. The number of nitrogens with one attached hydrogen (secondary N) is 6. The molecule has 3 atom stereocenters. The molecule has 0 bridgehead atoms. The molecule has 3 unspecified atom stereocenters. The van der Waals surface area contributed by atoms with E-state index in [2.05, 4.69) is 31.2 Å². The predicted octanol–water partition coefficient (Wildman–Crippen LogP) is 2.99. The molecule has 2 aliphatic rings. The van der Waals surface area contributed by atoms with Crippen LogP contribution >= 0.6 is 11.3 Å². The number of H-pyrrole nitrogens is 1. The van der Waals surface area contributed by atoms with Gasteiger partial charge in [0.25, 0.3) is 11.5 Å². The van der Waals surface area contributed by atoms with Crippen molar-refractivity contribution >= 4 is 64.3 Å². The fraction of sp³-hybridized carbons (Fsp3) is 0.540. The van der Waals surface area contributed by atoms with Crippen LogP contribution in [0.1, 0.15) is 103 Å². The summed E-state index contributed by atoms with van der Waals surface area (Å²) in [5, 5.41) is 32.1. The number of carbonyl (C=O) groups excluding carboxylic acids is 6. The molecule has 480 valence electrons. The second-order valence-corrected chi connectivity index (χ2v) is 24.0. The number of likely N-dealkylation sites (tertiary alicyclic amines) is 1. The van der Waals surface area contributed by atoms with E-state index in [1.165, 1.54) is 11.1 Å². The molecular formula is C63H89N10O14S+. The van der Waals surface area contributed by atoms with Crippen molar-refractivity contribution in [1.82, 2.24) is 41.0 Å². The van der Waals surface area contributed by atoms with Crippen molar-refractivity contribution in [1.29, 1.82) is 5.41 Å². The zero-order valence-electron chi connectivity index (χ0n) is 52.0. The van der Waals surface area contributed by atoms with E-state index < -0.39 is 41.3 Å². The first-order chi connectivity index (χ1) is 42.1. The summed E-state index contributed by atoms with van der Waals surface area (Å²) in [6, 6.07) is 11.7. The maximum atomic E-state index is 14.0. The molecular weight excluding hydrogens is 1150 g/mol. The number of amides is 6. The Balaban J connectivity index is 0.753. The molecule has 2 aromatic heterocycles. The maximum absolute atomic E-state index is 14.0. The molecule has 6 amide bonds. The number of aromatic nitrogens is 2. The normalized spacial score (nSPS) is 15.5. The molecule has 1 fully saturated rings. The van der Waals surface area contributed by atoms with E-state index >= 15 is 0 Å². The summed E-state index contributed by atoms with van der Waals surface area (Å²) >= 11 is 1.56. The van der Waals surface area contributed by atoms with Crippen LogP contribution in [0.5, 0.6) is 0 Å². The van der Waals surface area contributed by atoms with E-state index in [-0.39, 0.29) is 148 Å². The first-order valence-electron chi connectivity index (χ1n) is 29.9. The average molecular weight is 1240 g/mol. The number of nitrogens with two attached hydrogens (primary N) is 1. The number of benzene rings is 2. The van der Waals surface area contributed by atoms with Crippen LogP contribution in [0.2, 0.25) is 0 Å². The van der Waals surface area contributed by atoms with Crippen LogP contribution in [-0.2, 0) is 65.5 Å². The van der Waals surface area contributed by atoms with E-state index in [9.17, 15) is 38.7 Å². The lowest BCUT2D eigenvalue weighted by Gasteiger charge is -2.35. The van der Waals surface area contributed by atoms with Gasteiger partial charge in [0.1, 0.15) is 31.0 Å². The molecule has 9 N–H and O–H groups in total. The topological polar surface area (TPSA) is 319 Å². The number of ether oxygens (including phenoxy) is 6. The van der Waals surface area contributed by atoms with Gasteiger partial charge in [0.2, 0.25) is 29.5 Å². The highest BCUT2D eigenvalue weighted by atomic mass is 32.1. The van der Waals surface area contributed by atoms with Gasteiger partial charge in [-0.2, -0.15) is 0 Å². The third kappa shape index (κ3) is 21.9. The first-order valence-corrected chi connectivity index (χ1v) is 30.8. The highest BCUT2D eigenvalue weighted by Crippen LogP contribution is 2.30. The van der Waals surface area contributed by atoms with Gasteiger partial charge in [0.15, 0.2) is 0 Å². The van der Waals surface area contributed by atoms with Crippen molar-refractivity contribution < 1.29 is 67.6 Å².